The first kappa shape index (κ1) is 25.6. The molecule has 1 nitrogen and oxygen atoms in total. The third-order valence-corrected chi connectivity index (χ3v) is 10.6. The van der Waals surface area contributed by atoms with E-state index in [1.807, 2.05) is 11.3 Å². The Balaban J connectivity index is 1.12. The van der Waals surface area contributed by atoms with Crippen LogP contribution >= 0.6 is 11.3 Å². The number of hydrogen-bond donors (Lipinski definition) is 0. The van der Waals surface area contributed by atoms with Gasteiger partial charge in [-0.15, -0.1) is 11.3 Å². The van der Waals surface area contributed by atoms with Crippen LogP contribution in [0.15, 0.2) is 162 Å². The van der Waals surface area contributed by atoms with Gasteiger partial charge in [0.2, 0.25) is 0 Å². The van der Waals surface area contributed by atoms with E-state index in [0.29, 0.717) is 0 Å². The van der Waals surface area contributed by atoms with E-state index in [1.165, 1.54) is 80.5 Å². The quantitative estimate of drug-likeness (QED) is 0.183. The minimum atomic E-state index is 0.925. The van der Waals surface area contributed by atoms with Crippen LogP contribution in [0, 0.1) is 0 Å². The average molecular weight is 603 g/mol. The summed E-state index contributed by atoms with van der Waals surface area (Å²) >= 11 is 1.85. The van der Waals surface area contributed by atoms with Gasteiger partial charge in [-0.25, -0.2) is 0 Å². The topological polar surface area (TPSA) is 13.1 Å². The predicted molar refractivity (Wildman–Crippen MR) is 198 cm³/mol. The van der Waals surface area contributed by atoms with Crippen molar-refractivity contribution in [1.29, 1.82) is 0 Å². The summed E-state index contributed by atoms with van der Waals surface area (Å²) < 4.78 is 8.98. The Labute approximate surface area is 269 Å². The molecule has 0 radical (unpaired) electrons. The second kappa shape index (κ2) is 9.90. The van der Waals surface area contributed by atoms with Crippen molar-refractivity contribution < 1.29 is 4.42 Å². The predicted octanol–water partition coefficient (Wildman–Crippen LogP) is 13.3. The summed E-state index contributed by atoms with van der Waals surface area (Å²) in [6.07, 6.45) is 0. The molecular weight excluding hydrogens is 577 g/mol. The molecule has 0 aliphatic carbocycles. The van der Waals surface area contributed by atoms with E-state index < -0.39 is 0 Å². The van der Waals surface area contributed by atoms with Crippen molar-refractivity contribution in [3.63, 3.8) is 0 Å². The van der Waals surface area contributed by atoms with Crippen LogP contribution in [0.3, 0.4) is 0 Å². The second-order valence-corrected chi connectivity index (χ2v) is 13.1. The van der Waals surface area contributed by atoms with E-state index in [9.17, 15) is 0 Å². The molecule has 8 aromatic carbocycles. The first-order valence-corrected chi connectivity index (χ1v) is 16.5. The molecule has 10 aromatic rings. The van der Waals surface area contributed by atoms with E-state index in [-0.39, 0.29) is 0 Å². The molecule has 0 bridgehead atoms. The molecule has 10 rings (SSSR count). The molecule has 0 amide bonds. The van der Waals surface area contributed by atoms with Crippen molar-refractivity contribution >= 4 is 75.0 Å². The number of hydrogen-bond acceptors (Lipinski definition) is 2. The van der Waals surface area contributed by atoms with Crippen LogP contribution < -0.4 is 0 Å². The first-order valence-electron chi connectivity index (χ1n) is 15.7. The van der Waals surface area contributed by atoms with Crippen molar-refractivity contribution in [3.05, 3.63) is 158 Å². The van der Waals surface area contributed by atoms with Gasteiger partial charge in [0, 0.05) is 30.9 Å². The van der Waals surface area contributed by atoms with Gasteiger partial charge < -0.3 is 4.42 Å². The molecule has 214 valence electrons. The molecule has 2 heterocycles. The van der Waals surface area contributed by atoms with Crippen molar-refractivity contribution in [2.45, 2.75) is 0 Å². The molecule has 0 saturated carbocycles. The van der Waals surface area contributed by atoms with Crippen LogP contribution in [0.4, 0.5) is 0 Å². The van der Waals surface area contributed by atoms with Gasteiger partial charge in [-0.3, -0.25) is 0 Å². The highest BCUT2D eigenvalue weighted by molar-refractivity contribution is 7.25. The molecular formula is C44H26OS. The Bertz CT molecular complexity index is 2730. The molecule has 0 fully saturated rings. The van der Waals surface area contributed by atoms with Gasteiger partial charge in [-0.2, -0.15) is 0 Å². The Morgan fingerprint density at radius 3 is 1.50 bits per heavy atom. The molecule has 0 atom stereocenters. The Hall–Kier alpha value is -5.70. The smallest absolute Gasteiger partial charge is 0.136 e. The second-order valence-electron chi connectivity index (χ2n) is 12.0. The Morgan fingerprint density at radius 2 is 0.826 bits per heavy atom. The first-order chi connectivity index (χ1) is 22.8. The average Bonchev–Trinajstić information content (AvgIpc) is 3.66. The lowest BCUT2D eigenvalue weighted by molar-refractivity contribution is 0.669. The molecule has 46 heavy (non-hydrogen) atoms. The Morgan fingerprint density at radius 1 is 0.304 bits per heavy atom. The summed E-state index contributed by atoms with van der Waals surface area (Å²) in [5.74, 6) is 0. The number of furan rings is 1. The van der Waals surface area contributed by atoms with E-state index >= 15 is 0 Å². The normalized spacial score (nSPS) is 11.9. The van der Waals surface area contributed by atoms with Crippen LogP contribution in [0.5, 0.6) is 0 Å². The number of benzene rings is 8. The zero-order valence-corrected chi connectivity index (χ0v) is 25.6. The summed E-state index contributed by atoms with van der Waals surface area (Å²) in [5, 5.41) is 9.97. The van der Waals surface area contributed by atoms with E-state index in [2.05, 4.69) is 158 Å². The van der Waals surface area contributed by atoms with Crippen LogP contribution in [0.2, 0.25) is 0 Å². The minimum absolute atomic E-state index is 0.925. The fraction of sp³-hybridized carbons (Fsp3) is 0. The van der Waals surface area contributed by atoms with Crippen LogP contribution in [0.25, 0.3) is 97.0 Å². The third kappa shape index (κ3) is 3.81. The maximum atomic E-state index is 6.37. The van der Waals surface area contributed by atoms with Crippen molar-refractivity contribution in [3.8, 4) is 33.4 Å². The standard InChI is InChI=1S/C44H26OS/c1-2-10-28(11-3-1)43-32-13-4-6-15-34(32)44(35-16-7-5-14-33(35)43)29-20-18-27(19-21-29)30-22-23-39-36(24-30)37-26-42-38(25-40(37)45-39)31-12-8-9-17-41(31)46-42/h1-26H. The lowest BCUT2D eigenvalue weighted by atomic mass is 9.86. The summed E-state index contributed by atoms with van der Waals surface area (Å²) in [6.45, 7) is 0. The van der Waals surface area contributed by atoms with Gasteiger partial charge in [0.1, 0.15) is 11.2 Å². The zero-order chi connectivity index (χ0) is 30.2. The van der Waals surface area contributed by atoms with Gasteiger partial charge in [0.15, 0.2) is 0 Å². The molecule has 0 N–H and O–H groups in total. The highest BCUT2D eigenvalue weighted by Crippen LogP contribution is 2.44. The monoisotopic (exact) mass is 602 g/mol. The third-order valence-electron chi connectivity index (χ3n) is 9.47. The lowest BCUT2D eigenvalue weighted by Crippen LogP contribution is -1.90. The van der Waals surface area contributed by atoms with Crippen molar-refractivity contribution in [2.24, 2.45) is 0 Å². The summed E-state index contributed by atoms with van der Waals surface area (Å²) in [7, 11) is 0. The molecule has 2 heteroatoms. The van der Waals surface area contributed by atoms with Crippen LogP contribution in [0.1, 0.15) is 0 Å². The molecule has 0 saturated heterocycles. The zero-order valence-electron chi connectivity index (χ0n) is 24.8. The number of rotatable bonds is 3. The number of fused-ring (bicyclic) bond motifs is 8. The molecule has 2 aromatic heterocycles. The highest BCUT2D eigenvalue weighted by atomic mass is 32.1. The fourth-order valence-electron chi connectivity index (χ4n) is 7.36. The van der Waals surface area contributed by atoms with Gasteiger partial charge in [-0.05, 0) is 85.3 Å². The molecule has 0 spiro atoms. The molecule has 0 aliphatic rings. The van der Waals surface area contributed by atoms with E-state index in [4.69, 9.17) is 4.42 Å². The summed E-state index contributed by atoms with van der Waals surface area (Å²) in [5.41, 5.74) is 9.28. The van der Waals surface area contributed by atoms with Gasteiger partial charge in [-0.1, -0.05) is 127 Å². The molecule has 0 unspecified atom stereocenters. The van der Waals surface area contributed by atoms with Crippen LogP contribution in [-0.4, -0.2) is 0 Å². The fourth-order valence-corrected chi connectivity index (χ4v) is 8.49. The van der Waals surface area contributed by atoms with Crippen molar-refractivity contribution in [1.82, 2.24) is 0 Å². The Kier molecular flexibility index (Phi) is 5.51. The van der Waals surface area contributed by atoms with Gasteiger partial charge >= 0.3 is 0 Å². The largest absolute Gasteiger partial charge is 0.456 e. The maximum absolute atomic E-state index is 6.37. The SMILES string of the molecule is c1ccc(-c2c3ccccc3c(-c3ccc(-c4ccc5oc6cc7c(cc6c5c4)sc4ccccc47)cc3)c3ccccc23)cc1. The van der Waals surface area contributed by atoms with E-state index in [0.717, 1.165) is 16.6 Å². The summed E-state index contributed by atoms with van der Waals surface area (Å²) in [4.78, 5) is 0. The van der Waals surface area contributed by atoms with Gasteiger partial charge in [0.05, 0.1) is 0 Å². The minimum Gasteiger partial charge on any atom is -0.456 e. The van der Waals surface area contributed by atoms with Gasteiger partial charge in [0.25, 0.3) is 0 Å². The maximum Gasteiger partial charge on any atom is 0.136 e. The number of thiophene rings is 1. The highest BCUT2D eigenvalue weighted by Gasteiger charge is 2.17. The van der Waals surface area contributed by atoms with E-state index in [1.54, 1.807) is 0 Å². The lowest BCUT2D eigenvalue weighted by Gasteiger charge is -2.18. The van der Waals surface area contributed by atoms with Crippen molar-refractivity contribution in [2.75, 3.05) is 0 Å². The van der Waals surface area contributed by atoms with Crippen LogP contribution in [-0.2, 0) is 0 Å². The molecule has 0 aliphatic heterocycles. The summed E-state index contributed by atoms with van der Waals surface area (Å²) in [6, 6.07) is 57.3.